The number of likely N-dealkylation sites (N-methyl/N-ethyl adjacent to an activating group) is 1. The maximum absolute atomic E-state index is 14.0. The van der Waals surface area contributed by atoms with Crippen molar-refractivity contribution in [3.8, 4) is 23.0 Å². The Morgan fingerprint density at radius 1 is 1.00 bits per heavy atom. The normalized spacial score (nSPS) is 23.9. The van der Waals surface area contributed by atoms with Crippen molar-refractivity contribution in [2.75, 3.05) is 41.1 Å². The number of oxime groups is 1. The lowest BCUT2D eigenvalue weighted by Crippen LogP contribution is -2.69. The van der Waals surface area contributed by atoms with E-state index in [9.17, 15) is 19.8 Å². The predicted octanol–water partition coefficient (Wildman–Crippen LogP) is 7.83. The Labute approximate surface area is 334 Å². The highest BCUT2D eigenvalue weighted by molar-refractivity contribution is 6.03. The third-order valence-corrected chi connectivity index (χ3v) is 11.4. The van der Waals surface area contributed by atoms with Gasteiger partial charge in [0.1, 0.15) is 42.8 Å². The molecule has 1 aliphatic heterocycles. The highest BCUT2D eigenvalue weighted by Gasteiger charge is 2.65. The van der Waals surface area contributed by atoms with Crippen molar-refractivity contribution < 1.29 is 48.3 Å². The number of carbonyl (C=O) groups excluding carboxylic acids is 2. The summed E-state index contributed by atoms with van der Waals surface area (Å²) >= 11 is 0. The average Bonchev–Trinajstić information content (AvgIpc) is 3.23. The monoisotopic (exact) mass is 782 g/mol. The van der Waals surface area contributed by atoms with Crippen LogP contribution < -0.4 is 14.2 Å². The molecule has 1 saturated carbocycles. The molecule has 3 aromatic carbocycles. The van der Waals surface area contributed by atoms with Crippen LogP contribution in [0.25, 0.3) is 0 Å². The van der Waals surface area contributed by atoms with Crippen LogP contribution in [0.3, 0.4) is 0 Å². The third-order valence-electron chi connectivity index (χ3n) is 11.4. The first kappa shape index (κ1) is 41.5. The Balaban J connectivity index is 1.51. The summed E-state index contributed by atoms with van der Waals surface area (Å²) in [5, 5.41) is 24.2. The number of unbranched alkanes of at least 4 members (excludes halogenated alkanes) is 2. The standard InChI is InChI=1S/C45H54N2O10/c1-5-23-55-45-41(47(2)44(51)54-29-30-13-7-6-8-14-30)27-38(46-53-4)36-25-31(15-9-11-21-48)35(16-10-12-22-49)42(43(36)45)37-26-34(18-20-40(37)57-45)56-33-17-19-39(52-3)32(24-33)28-50/h5-8,13-14,17-20,24-26,28,31,35,41-43,48-49H,1,9-12,15-16,21-23,27,29H2,2-4H3/t31-,35+,41-,42+,43+,45+/m0/s1. The smallest absolute Gasteiger partial charge is 0.410 e. The second-order valence-electron chi connectivity index (χ2n) is 14.7. The van der Waals surface area contributed by atoms with Crippen LogP contribution in [0.1, 0.15) is 72.3 Å². The fraction of sp³-hybridized carbons (Fsp3) is 0.444. The van der Waals surface area contributed by atoms with Gasteiger partial charge in [-0.25, -0.2) is 4.79 Å². The van der Waals surface area contributed by atoms with Crippen molar-refractivity contribution >= 4 is 18.1 Å². The van der Waals surface area contributed by atoms with Crippen molar-refractivity contribution in [3.05, 3.63) is 108 Å². The van der Waals surface area contributed by atoms with E-state index in [2.05, 4.69) is 17.8 Å². The molecule has 0 aromatic heterocycles. The molecular weight excluding hydrogens is 728 g/mol. The van der Waals surface area contributed by atoms with E-state index in [0.29, 0.717) is 47.1 Å². The van der Waals surface area contributed by atoms with Crippen LogP contribution in [0.4, 0.5) is 4.79 Å². The van der Waals surface area contributed by atoms with E-state index < -0.39 is 23.8 Å². The summed E-state index contributed by atoms with van der Waals surface area (Å²) in [5.74, 6) is 0.0214. The molecule has 1 fully saturated rings. The van der Waals surface area contributed by atoms with E-state index in [1.54, 1.807) is 36.2 Å². The van der Waals surface area contributed by atoms with Crippen LogP contribution >= 0.6 is 0 Å². The number of benzene rings is 3. The molecule has 1 heterocycles. The fourth-order valence-corrected chi connectivity index (χ4v) is 8.85. The van der Waals surface area contributed by atoms with E-state index in [1.165, 1.54) is 14.2 Å². The Hall–Kier alpha value is -5.17. The number of methoxy groups -OCH3 is 1. The van der Waals surface area contributed by atoms with Crippen molar-refractivity contribution in [3.63, 3.8) is 0 Å². The maximum Gasteiger partial charge on any atom is 0.410 e. The molecule has 2 N–H and O–H groups in total. The van der Waals surface area contributed by atoms with Gasteiger partial charge in [0.25, 0.3) is 0 Å². The van der Waals surface area contributed by atoms with E-state index in [1.807, 2.05) is 48.5 Å². The summed E-state index contributed by atoms with van der Waals surface area (Å²) in [7, 11) is 4.72. The summed E-state index contributed by atoms with van der Waals surface area (Å²) in [5.41, 5.74) is 3.72. The zero-order valence-corrected chi connectivity index (χ0v) is 33.0. The van der Waals surface area contributed by atoms with Crippen molar-refractivity contribution in [1.29, 1.82) is 0 Å². The van der Waals surface area contributed by atoms with E-state index in [4.69, 9.17) is 28.5 Å². The van der Waals surface area contributed by atoms with Crippen LogP contribution in [0, 0.1) is 17.8 Å². The number of ether oxygens (including phenoxy) is 5. The molecule has 3 aromatic rings. The number of hydrogen-bond donors (Lipinski definition) is 2. The summed E-state index contributed by atoms with van der Waals surface area (Å²) in [6.07, 6.45) is 8.91. The number of amides is 1. The molecular formula is C45H54N2O10. The van der Waals surface area contributed by atoms with Crippen LogP contribution in [-0.2, 0) is 20.9 Å². The lowest BCUT2D eigenvalue weighted by Gasteiger charge is -2.59. The van der Waals surface area contributed by atoms with Crippen LogP contribution in [-0.4, -0.2) is 86.1 Å². The first-order valence-corrected chi connectivity index (χ1v) is 19.7. The second kappa shape index (κ2) is 19.3. The SMILES string of the molecule is C=CCO[C@@]12Oc3ccc(Oc4ccc(OC)c(C=O)c4)cc3[C@H]3[C@H](CCCCO)[C@@H](CCCCO)C=C(C(=NOC)C[C@@H]1N(C)C(=O)OCc1ccccc1)[C@H]32. The molecule has 0 unspecified atom stereocenters. The minimum atomic E-state index is -1.41. The number of hydrogen-bond acceptors (Lipinski definition) is 11. The van der Waals surface area contributed by atoms with E-state index >= 15 is 0 Å². The molecule has 304 valence electrons. The van der Waals surface area contributed by atoms with Gasteiger partial charge in [0, 0.05) is 38.2 Å². The quantitative estimate of drug-likeness (QED) is 0.0534. The van der Waals surface area contributed by atoms with Gasteiger partial charge < -0.3 is 43.6 Å². The zero-order chi connectivity index (χ0) is 40.4. The fourth-order valence-electron chi connectivity index (χ4n) is 8.85. The molecule has 12 heteroatoms. The van der Waals surface area contributed by atoms with Crippen LogP contribution in [0.2, 0.25) is 0 Å². The van der Waals surface area contributed by atoms with Gasteiger partial charge >= 0.3 is 6.09 Å². The van der Waals surface area contributed by atoms with Gasteiger partial charge in [-0.3, -0.25) is 4.79 Å². The first-order chi connectivity index (χ1) is 27.8. The average molecular weight is 783 g/mol. The number of fused-ring (bicyclic) bond motifs is 2. The number of carbonyl (C=O) groups is 2. The van der Waals surface area contributed by atoms with Gasteiger partial charge in [-0.2, -0.15) is 0 Å². The summed E-state index contributed by atoms with van der Waals surface area (Å²) in [4.78, 5) is 32.9. The molecule has 6 atom stereocenters. The lowest BCUT2D eigenvalue weighted by molar-refractivity contribution is -0.253. The Morgan fingerprint density at radius 3 is 2.44 bits per heavy atom. The molecule has 3 aliphatic rings. The van der Waals surface area contributed by atoms with Crippen LogP contribution in [0.15, 0.2) is 96.2 Å². The van der Waals surface area contributed by atoms with Crippen molar-refractivity contribution in [2.45, 2.75) is 69.3 Å². The molecule has 0 radical (unpaired) electrons. The second-order valence-corrected chi connectivity index (χ2v) is 14.7. The number of aliphatic hydroxyl groups is 2. The largest absolute Gasteiger partial charge is 0.496 e. The van der Waals surface area contributed by atoms with Gasteiger partial charge in [0.15, 0.2) is 6.29 Å². The van der Waals surface area contributed by atoms with Crippen molar-refractivity contribution in [1.82, 2.24) is 4.90 Å². The summed E-state index contributed by atoms with van der Waals surface area (Å²) in [6.45, 7) is 4.37. The maximum atomic E-state index is 14.0. The van der Waals surface area contributed by atoms with E-state index in [-0.39, 0.29) is 50.6 Å². The topological polar surface area (TPSA) is 146 Å². The molecule has 2 aliphatic carbocycles. The lowest BCUT2D eigenvalue weighted by atomic mass is 9.55. The molecule has 12 nitrogen and oxygen atoms in total. The van der Waals surface area contributed by atoms with Gasteiger partial charge in [0.05, 0.1) is 30.9 Å². The van der Waals surface area contributed by atoms with Gasteiger partial charge in [0.2, 0.25) is 5.79 Å². The summed E-state index contributed by atoms with van der Waals surface area (Å²) < 4.78 is 31.7. The Kier molecular flexibility index (Phi) is 14.1. The minimum absolute atomic E-state index is 0.0362. The number of rotatable bonds is 19. The third kappa shape index (κ3) is 8.88. The zero-order valence-electron chi connectivity index (χ0n) is 33.0. The van der Waals surface area contributed by atoms with Gasteiger partial charge in [-0.1, -0.05) is 60.5 Å². The molecule has 0 spiro atoms. The molecule has 0 saturated heterocycles. The first-order valence-electron chi connectivity index (χ1n) is 19.7. The van der Waals surface area contributed by atoms with E-state index in [0.717, 1.165) is 48.7 Å². The molecule has 6 rings (SSSR count). The molecule has 1 amide bonds. The Morgan fingerprint density at radius 2 is 1.74 bits per heavy atom. The predicted molar refractivity (Wildman–Crippen MR) is 215 cm³/mol. The van der Waals surface area contributed by atoms with Crippen molar-refractivity contribution in [2.24, 2.45) is 22.9 Å². The minimum Gasteiger partial charge on any atom is -0.496 e. The molecule has 0 bridgehead atoms. The Bertz CT molecular complexity index is 1910. The summed E-state index contributed by atoms with van der Waals surface area (Å²) in [6, 6.07) is 19.5. The number of aliphatic hydroxyl groups excluding tert-OH is 2. The highest BCUT2D eigenvalue weighted by Crippen LogP contribution is 2.62. The van der Waals surface area contributed by atoms with Gasteiger partial charge in [-0.15, -0.1) is 6.58 Å². The van der Waals surface area contributed by atoms with Gasteiger partial charge in [-0.05, 0) is 85.1 Å². The van der Waals surface area contributed by atoms with Crippen LogP contribution in [0.5, 0.6) is 23.0 Å². The number of nitrogens with zero attached hydrogens (tertiary/aromatic N) is 2. The highest BCUT2D eigenvalue weighted by atomic mass is 16.7. The molecule has 57 heavy (non-hydrogen) atoms. The number of aldehydes is 1. The number of allylic oxidation sites excluding steroid dienone is 1.